The summed E-state index contributed by atoms with van der Waals surface area (Å²) in [6.07, 6.45) is 12.3. The summed E-state index contributed by atoms with van der Waals surface area (Å²) in [5.41, 5.74) is 0. The Labute approximate surface area is 83.2 Å². The van der Waals surface area contributed by atoms with Gasteiger partial charge in [-0.3, -0.25) is 0 Å². The highest BCUT2D eigenvalue weighted by Crippen LogP contribution is 2.06. The summed E-state index contributed by atoms with van der Waals surface area (Å²) >= 11 is 0. The Morgan fingerprint density at radius 3 is 2.38 bits per heavy atom. The second kappa shape index (κ2) is 9.79. The summed E-state index contributed by atoms with van der Waals surface area (Å²) in [5.74, 6) is 0. The van der Waals surface area contributed by atoms with Gasteiger partial charge >= 0.3 is 0 Å². The lowest BCUT2D eigenvalue weighted by atomic mass is 10.1. The minimum atomic E-state index is 0.344. The van der Waals surface area contributed by atoms with Crippen molar-refractivity contribution < 1.29 is 4.74 Å². The number of ether oxygens (including phenoxy) is 1. The van der Waals surface area contributed by atoms with Gasteiger partial charge in [0.1, 0.15) is 0 Å². The Kier molecular flexibility index (Phi) is 9.56. The fourth-order valence-electron chi connectivity index (χ4n) is 1.27. The van der Waals surface area contributed by atoms with Crippen LogP contribution in [0.25, 0.3) is 0 Å². The van der Waals surface area contributed by atoms with Crippen LogP contribution in [-0.4, -0.2) is 13.2 Å². The van der Waals surface area contributed by atoms with Gasteiger partial charge in [-0.2, -0.15) is 0 Å². The lowest BCUT2D eigenvalue weighted by molar-refractivity contribution is 0.131. The molecule has 78 valence electrons. The molecule has 13 heavy (non-hydrogen) atoms. The highest BCUT2D eigenvalue weighted by Gasteiger charge is 1.99. The summed E-state index contributed by atoms with van der Waals surface area (Å²) in [6.45, 7) is 4.44. The Balaban J connectivity index is 3.50. The average Bonchev–Trinajstić information content (AvgIpc) is 2.17. The van der Waals surface area contributed by atoms with Crippen molar-refractivity contribution >= 4 is 0 Å². The zero-order chi connectivity index (χ0) is 9.94. The molecule has 1 heteroatoms. The van der Waals surface area contributed by atoms with Gasteiger partial charge in [-0.05, 0) is 12.8 Å². The first-order valence-electron chi connectivity index (χ1n) is 5.54. The third kappa shape index (κ3) is 8.04. The van der Waals surface area contributed by atoms with E-state index in [1.54, 1.807) is 7.11 Å². The van der Waals surface area contributed by atoms with Gasteiger partial charge < -0.3 is 4.74 Å². The predicted molar refractivity (Wildman–Crippen MR) is 59.0 cm³/mol. The van der Waals surface area contributed by atoms with Crippen LogP contribution in [0.15, 0.2) is 12.2 Å². The molecule has 0 aromatic rings. The lowest BCUT2D eigenvalue weighted by Crippen LogP contribution is -2.05. The maximum absolute atomic E-state index is 5.35. The first-order valence-corrected chi connectivity index (χ1v) is 5.54. The van der Waals surface area contributed by atoms with Gasteiger partial charge in [-0.15, -0.1) is 0 Å². The van der Waals surface area contributed by atoms with Crippen LogP contribution in [-0.2, 0) is 4.74 Å². The van der Waals surface area contributed by atoms with Crippen molar-refractivity contribution in [2.75, 3.05) is 7.11 Å². The van der Waals surface area contributed by atoms with E-state index in [0.717, 1.165) is 6.42 Å². The van der Waals surface area contributed by atoms with Crippen molar-refractivity contribution in [1.82, 2.24) is 0 Å². The van der Waals surface area contributed by atoms with Crippen LogP contribution in [0.1, 0.15) is 52.4 Å². The normalized spacial score (nSPS) is 13.8. The molecule has 0 fully saturated rings. The number of allylic oxidation sites excluding steroid dienone is 1. The average molecular weight is 184 g/mol. The molecule has 0 aromatic heterocycles. The number of unbranched alkanes of at least 4 members (excludes halogenated alkanes) is 3. The molecule has 0 saturated carbocycles. The third-order valence-corrected chi connectivity index (χ3v) is 2.22. The molecule has 0 aliphatic rings. The number of methoxy groups -OCH3 is 1. The molecule has 0 radical (unpaired) electrons. The van der Waals surface area contributed by atoms with Crippen LogP contribution in [0.3, 0.4) is 0 Å². The Hall–Kier alpha value is -0.300. The molecule has 1 atom stereocenters. The molecule has 0 heterocycles. The van der Waals surface area contributed by atoms with E-state index in [1.165, 1.54) is 32.1 Å². The standard InChI is InChI=1S/C12H24O/c1-4-6-8-9-11-12(13-3)10-7-5-2/h9,11-12H,4-8,10H2,1-3H3/t12-/m1/s1. The van der Waals surface area contributed by atoms with Crippen LogP contribution < -0.4 is 0 Å². The van der Waals surface area contributed by atoms with Crippen LogP contribution in [0, 0.1) is 0 Å². The maximum Gasteiger partial charge on any atom is 0.0752 e. The minimum absolute atomic E-state index is 0.344. The van der Waals surface area contributed by atoms with Gasteiger partial charge in [0.25, 0.3) is 0 Å². The van der Waals surface area contributed by atoms with Crippen molar-refractivity contribution in [3.63, 3.8) is 0 Å². The molecule has 0 rings (SSSR count). The summed E-state index contributed by atoms with van der Waals surface area (Å²) in [7, 11) is 1.80. The number of hydrogen-bond donors (Lipinski definition) is 0. The molecule has 1 nitrogen and oxygen atoms in total. The van der Waals surface area contributed by atoms with Gasteiger partial charge in [0, 0.05) is 7.11 Å². The maximum atomic E-state index is 5.35. The smallest absolute Gasteiger partial charge is 0.0752 e. The first kappa shape index (κ1) is 12.7. The fraction of sp³-hybridized carbons (Fsp3) is 0.833. The summed E-state index contributed by atoms with van der Waals surface area (Å²) in [5, 5.41) is 0. The van der Waals surface area contributed by atoms with E-state index >= 15 is 0 Å². The number of rotatable bonds is 8. The molecule has 0 amide bonds. The van der Waals surface area contributed by atoms with Gasteiger partial charge in [-0.25, -0.2) is 0 Å². The van der Waals surface area contributed by atoms with Gasteiger partial charge in [0.05, 0.1) is 6.10 Å². The molecule has 0 spiro atoms. The summed E-state index contributed by atoms with van der Waals surface area (Å²) in [6, 6.07) is 0. The van der Waals surface area contributed by atoms with Crippen LogP contribution >= 0.6 is 0 Å². The monoisotopic (exact) mass is 184 g/mol. The molecule has 0 N–H and O–H groups in total. The molecule has 0 aromatic carbocycles. The Morgan fingerprint density at radius 2 is 1.85 bits per heavy atom. The van der Waals surface area contributed by atoms with Crippen LogP contribution in [0.2, 0.25) is 0 Å². The predicted octanol–water partition coefficient (Wildman–Crippen LogP) is 3.94. The van der Waals surface area contributed by atoms with E-state index in [0.29, 0.717) is 6.10 Å². The van der Waals surface area contributed by atoms with Crippen LogP contribution in [0.4, 0.5) is 0 Å². The zero-order valence-electron chi connectivity index (χ0n) is 9.38. The molecular weight excluding hydrogens is 160 g/mol. The Bertz CT molecular complexity index is 118. The fourth-order valence-corrected chi connectivity index (χ4v) is 1.27. The molecular formula is C12H24O. The van der Waals surface area contributed by atoms with Crippen molar-refractivity contribution in [2.24, 2.45) is 0 Å². The number of hydrogen-bond acceptors (Lipinski definition) is 1. The topological polar surface area (TPSA) is 9.23 Å². The molecule has 0 unspecified atom stereocenters. The second-order valence-corrected chi connectivity index (χ2v) is 3.49. The van der Waals surface area contributed by atoms with Gasteiger partial charge in [-0.1, -0.05) is 51.7 Å². The van der Waals surface area contributed by atoms with E-state index in [1.807, 2.05) is 0 Å². The van der Waals surface area contributed by atoms with Crippen molar-refractivity contribution in [1.29, 1.82) is 0 Å². The summed E-state index contributed by atoms with van der Waals surface area (Å²) in [4.78, 5) is 0. The Morgan fingerprint density at radius 1 is 1.15 bits per heavy atom. The summed E-state index contributed by atoms with van der Waals surface area (Å²) < 4.78 is 5.35. The largest absolute Gasteiger partial charge is 0.377 e. The highest BCUT2D eigenvalue weighted by molar-refractivity contribution is 4.89. The van der Waals surface area contributed by atoms with Crippen molar-refractivity contribution in [2.45, 2.75) is 58.5 Å². The van der Waals surface area contributed by atoms with Crippen molar-refractivity contribution in [3.8, 4) is 0 Å². The molecule has 0 aliphatic carbocycles. The minimum Gasteiger partial charge on any atom is -0.377 e. The SMILES string of the molecule is CCCCC=C[C@@H](CCCC)OC. The second-order valence-electron chi connectivity index (χ2n) is 3.49. The quantitative estimate of drug-likeness (QED) is 0.410. The molecule has 0 bridgehead atoms. The third-order valence-electron chi connectivity index (χ3n) is 2.22. The van der Waals surface area contributed by atoms with E-state index in [9.17, 15) is 0 Å². The van der Waals surface area contributed by atoms with E-state index in [2.05, 4.69) is 26.0 Å². The van der Waals surface area contributed by atoms with E-state index in [-0.39, 0.29) is 0 Å². The van der Waals surface area contributed by atoms with Crippen molar-refractivity contribution in [3.05, 3.63) is 12.2 Å². The van der Waals surface area contributed by atoms with E-state index in [4.69, 9.17) is 4.74 Å². The van der Waals surface area contributed by atoms with E-state index < -0.39 is 0 Å². The van der Waals surface area contributed by atoms with Crippen LogP contribution in [0.5, 0.6) is 0 Å². The first-order chi connectivity index (χ1) is 6.35. The zero-order valence-corrected chi connectivity index (χ0v) is 9.38. The lowest BCUT2D eigenvalue weighted by Gasteiger charge is -2.09. The molecule has 0 aliphatic heterocycles. The molecule has 0 saturated heterocycles. The highest BCUT2D eigenvalue weighted by atomic mass is 16.5. The van der Waals surface area contributed by atoms with Gasteiger partial charge in [0.15, 0.2) is 0 Å². The van der Waals surface area contributed by atoms with Gasteiger partial charge in [0.2, 0.25) is 0 Å².